The van der Waals surface area contributed by atoms with Crippen molar-refractivity contribution in [2.24, 2.45) is 29.6 Å². The monoisotopic (exact) mass is 580 g/mol. The molecule has 0 radical (unpaired) electrons. The number of nitrogens with zero attached hydrogens (tertiary/aromatic N) is 2. The van der Waals surface area contributed by atoms with Crippen molar-refractivity contribution < 1.29 is 24.3 Å². The molecule has 3 saturated carbocycles. The first-order chi connectivity index (χ1) is 21.0. The second-order valence-corrected chi connectivity index (χ2v) is 13.9. The van der Waals surface area contributed by atoms with Gasteiger partial charge in [-0.25, -0.2) is 0 Å². The molecular weight excluding hydrogens is 540 g/mol. The number of hydrogen-bond acceptors (Lipinski definition) is 5. The highest BCUT2D eigenvalue weighted by atomic mass is 16.3. The molecule has 7 nitrogen and oxygen atoms in total. The molecule has 0 bridgehead atoms. The van der Waals surface area contributed by atoms with Gasteiger partial charge in [0.2, 0.25) is 23.6 Å². The van der Waals surface area contributed by atoms with Crippen LogP contribution in [0.25, 0.3) is 10.8 Å². The lowest BCUT2D eigenvalue weighted by atomic mass is 9.57. The number of phenols is 1. The maximum absolute atomic E-state index is 14.4. The van der Waals surface area contributed by atoms with Crippen molar-refractivity contribution >= 4 is 34.4 Å². The highest BCUT2D eigenvalue weighted by molar-refractivity contribution is 6.08. The van der Waals surface area contributed by atoms with Crippen molar-refractivity contribution in [1.82, 2.24) is 9.80 Å². The van der Waals surface area contributed by atoms with E-state index in [1.54, 1.807) is 15.9 Å². The molecule has 2 aromatic rings. The number of aromatic hydroxyl groups is 1. The van der Waals surface area contributed by atoms with Gasteiger partial charge in [0, 0.05) is 23.4 Å². The zero-order valence-electron chi connectivity index (χ0n) is 24.6. The average molecular weight is 581 g/mol. The minimum atomic E-state index is -0.539. The summed E-state index contributed by atoms with van der Waals surface area (Å²) in [7, 11) is 0. The molecule has 2 aliphatic heterocycles. The lowest BCUT2D eigenvalue weighted by Gasteiger charge is -2.44. The van der Waals surface area contributed by atoms with Crippen LogP contribution in [-0.4, -0.2) is 50.6 Å². The van der Waals surface area contributed by atoms with Crippen molar-refractivity contribution in [3.05, 3.63) is 53.6 Å². The SMILES string of the molecule is O=C1C2CC=C3C(CC4C(=O)N(C5CCCCC5)C(=O)C4C3c3ccc(O)c4ccccc34)C2C(=O)N1C1CCCCC1. The van der Waals surface area contributed by atoms with E-state index in [1.165, 1.54) is 0 Å². The molecule has 0 aromatic heterocycles. The van der Waals surface area contributed by atoms with Crippen LogP contribution in [0.1, 0.15) is 88.5 Å². The largest absolute Gasteiger partial charge is 0.507 e. The smallest absolute Gasteiger partial charge is 0.234 e. The Labute approximate surface area is 252 Å². The lowest BCUT2D eigenvalue weighted by molar-refractivity contribution is -0.145. The third-order valence-corrected chi connectivity index (χ3v) is 11.9. The van der Waals surface area contributed by atoms with E-state index in [-0.39, 0.29) is 53.3 Å². The van der Waals surface area contributed by atoms with E-state index in [9.17, 15) is 24.3 Å². The van der Waals surface area contributed by atoms with Crippen LogP contribution in [0.15, 0.2) is 48.0 Å². The number of benzene rings is 2. The summed E-state index contributed by atoms with van der Waals surface area (Å²) in [6.45, 7) is 0. The third-order valence-electron chi connectivity index (χ3n) is 11.9. The fourth-order valence-electron chi connectivity index (χ4n) is 9.96. The van der Waals surface area contributed by atoms with Gasteiger partial charge in [-0.3, -0.25) is 29.0 Å². The van der Waals surface area contributed by atoms with E-state index in [0.717, 1.165) is 80.7 Å². The summed E-state index contributed by atoms with van der Waals surface area (Å²) in [6.07, 6.45) is 12.9. The Morgan fingerprint density at radius 3 is 1.84 bits per heavy atom. The van der Waals surface area contributed by atoms with E-state index in [1.807, 2.05) is 30.3 Å². The molecule has 4 amide bonds. The summed E-state index contributed by atoms with van der Waals surface area (Å²) >= 11 is 0. The number of fused-ring (bicyclic) bond motifs is 5. The number of likely N-dealkylation sites (tertiary alicyclic amines) is 2. The minimum Gasteiger partial charge on any atom is -0.507 e. The summed E-state index contributed by atoms with van der Waals surface area (Å²) in [6, 6.07) is 11.2. The van der Waals surface area contributed by atoms with Gasteiger partial charge in [0.1, 0.15) is 5.75 Å². The predicted molar refractivity (Wildman–Crippen MR) is 161 cm³/mol. The molecule has 0 spiro atoms. The molecule has 7 heteroatoms. The average Bonchev–Trinajstić information content (AvgIpc) is 3.45. The van der Waals surface area contributed by atoms with E-state index in [4.69, 9.17) is 0 Å². The number of rotatable bonds is 3. The Balaban J connectivity index is 1.25. The Morgan fingerprint density at radius 1 is 0.605 bits per heavy atom. The molecule has 43 heavy (non-hydrogen) atoms. The summed E-state index contributed by atoms with van der Waals surface area (Å²) in [5, 5.41) is 12.3. The number of carbonyl (C=O) groups is 4. The Kier molecular flexibility index (Phi) is 6.50. The lowest BCUT2D eigenvalue weighted by Crippen LogP contribution is -2.44. The molecule has 5 fully saturated rings. The summed E-state index contributed by atoms with van der Waals surface area (Å²) in [5.41, 5.74) is 1.96. The molecule has 1 N–H and O–H groups in total. The first kappa shape index (κ1) is 27.1. The normalized spacial score (nSPS) is 33.5. The van der Waals surface area contributed by atoms with Crippen molar-refractivity contribution in [1.29, 1.82) is 0 Å². The molecule has 2 saturated heterocycles. The van der Waals surface area contributed by atoms with Gasteiger partial charge in [-0.05, 0) is 61.5 Å². The zero-order chi connectivity index (χ0) is 29.4. The van der Waals surface area contributed by atoms with Crippen LogP contribution in [-0.2, 0) is 19.2 Å². The second kappa shape index (κ2) is 10.3. The number of phenolic OH excluding ortho intramolecular Hbond substituents is 1. The third kappa shape index (κ3) is 3.99. The van der Waals surface area contributed by atoms with Crippen molar-refractivity contribution in [2.45, 2.75) is 95.1 Å². The van der Waals surface area contributed by atoms with E-state index >= 15 is 0 Å². The molecule has 224 valence electrons. The van der Waals surface area contributed by atoms with Gasteiger partial charge in [-0.15, -0.1) is 0 Å². The van der Waals surface area contributed by atoms with E-state index in [2.05, 4.69) is 6.08 Å². The highest BCUT2D eigenvalue weighted by Crippen LogP contribution is 2.59. The molecule has 2 heterocycles. The van der Waals surface area contributed by atoms with E-state index in [0.29, 0.717) is 18.2 Å². The molecule has 4 aliphatic carbocycles. The second-order valence-electron chi connectivity index (χ2n) is 13.9. The number of hydrogen-bond donors (Lipinski definition) is 1. The Morgan fingerprint density at radius 2 is 1.19 bits per heavy atom. The van der Waals surface area contributed by atoms with Crippen LogP contribution in [0.3, 0.4) is 0 Å². The van der Waals surface area contributed by atoms with Gasteiger partial charge >= 0.3 is 0 Å². The number of amides is 4. The maximum Gasteiger partial charge on any atom is 0.234 e. The fraction of sp³-hybridized carbons (Fsp3) is 0.556. The summed E-state index contributed by atoms with van der Waals surface area (Å²) < 4.78 is 0. The van der Waals surface area contributed by atoms with Gasteiger partial charge in [0.05, 0.1) is 23.7 Å². The van der Waals surface area contributed by atoms with E-state index < -0.39 is 23.7 Å². The topological polar surface area (TPSA) is 95.0 Å². The van der Waals surface area contributed by atoms with Gasteiger partial charge in [0.25, 0.3) is 0 Å². The Bertz CT molecular complexity index is 1550. The zero-order valence-corrected chi connectivity index (χ0v) is 24.6. The molecule has 8 rings (SSSR count). The molecular formula is C36H40N2O5. The number of allylic oxidation sites excluding steroid dienone is 2. The molecule has 6 atom stereocenters. The van der Waals surface area contributed by atoms with Crippen LogP contribution in [0, 0.1) is 29.6 Å². The first-order valence-electron chi connectivity index (χ1n) is 16.6. The predicted octanol–water partition coefficient (Wildman–Crippen LogP) is 5.85. The summed E-state index contributed by atoms with van der Waals surface area (Å²) in [4.78, 5) is 59.9. The van der Waals surface area contributed by atoms with Gasteiger partial charge in [-0.1, -0.05) is 80.5 Å². The molecule has 2 aromatic carbocycles. The van der Waals surface area contributed by atoms with Gasteiger partial charge in [-0.2, -0.15) is 0 Å². The summed E-state index contributed by atoms with van der Waals surface area (Å²) in [5.74, 6) is -2.65. The highest BCUT2D eigenvalue weighted by Gasteiger charge is 2.63. The van der Waals surface area contributed by atoms with Crippen LogP contribution >= 0.6 is 0 Å². The number of imide groups is 2. The quantitative estimate of drug-likeness (QED) is 0.363. The van der Waals surface area contributed by atoms with Crippen molar-refractivity contribution in [3.8, 4) is 5.75 Å². The van der Waals surface area contributed by atoms with Crippen LogP contribution in [0.2, 0.25) is 0 Å². The van der Waals surface area contributed by atoms with Crippen LogP contribution in [0.4, 0.5) is 0 Å². The van der Waals surface area contributed by atoms with Crippen molar-refractivity contribution in [3.63, 3.8) is 0 Å². The fourth-order valence-corrected chi connectivity index (χ4v) is 9.96. The van der Waals surface area contributed by atoms with Gasteiger partial charge < -0.3 is 5.11 Å². The Hall–Kier alpha value is -3.48. The standard InChI is InChI=1S/C36H40N2O5/c39-29-18-17-24(22-13-7-8-14-23(22)29)30-25-15-16-26-31(35(42)37(33(26)40)20-9-3-1-4-10-20)27(25)19-28-32(30)36(43)38(34(28)41)21-11-5-2-6-12-21/h7-8,13-15,17-18,20-21,26-28,30-32,39H,1-6,9-12,16,19H2. The van der Waals surface area contributed by atoms with Crippen molar-refractivity contribution in [2.75, 3.05) is 0 Å². The molecule has 6 aliphatic rings. The first-order valence-corrected chi connectivity index (χ1v) is 16.6. The number of carbonyl (C=O) groups excluding carboxylic acids is 4. The molecule has 6 unspecified atom stereocenters. The van der Waals surface area contributed by atoms with Crippen LogP contribution in [0.5, 0.6) is 5.75 Å². The minimum absolute atomic E-state index is 0.0209. The van der Waals surface area contributed by atoms with Gasteiger partial charge in [0.15, 0.2) is 0 Å². The van der Waals surface area contributed by atoms with Crippen LogP contribution < -0.4 is 0 Å². The maximum atomic E-state index is 14.4.